The van der Waals surface area contributed by atoms with Gasteiger partial charge in [-0.25, -0.2) is 0 Å². The van der Waals surface area contributed by atoms with Crippen molar-refractivity contribution in [2.45, 2.75) is 290 Å². The molecule has 1 atom stereocenters. The van der Waals surface area contributed by atoms with Crippen molar-refractivity contribution < 1.29 is 28.6 Å². The average Bonchev–Trinajstić information content (AvgIpc) is 3.42. The van der Waals surface area contributed by atoms with Gasteiger partial charge in [0.2, 0.25) is 0 Å². The molecule has 0 rings (SSSR count). The van der Waals surface area contributed by atoms with Crippen LogP contribution in [0.15, 0.2) is 122 Å². The van der Waals surface area contributed by atoms with E-state index in [1.165, 1.54) is 135 Å². The van der Waals surface area contributed by atoms with E-state index in [1.54, 1.807) is 0 Å². The van der Waals surface area contributed by atoms with E-state index in [1.807, 2.05) is 6.08 Å². The third kappa shape index (κ3) is 60.7. The van der Waals surface area contributed by atoms with Crippen molar-refractivity contribution in [2.75, 3.05) is 13.2 Å². The smallest absolute Gasteiger partial charge is 0.306 e. The van der Waals surface area contributed by atoms with Crippen LogP contribution in [-0.4, -0.2) is 37.2 Å². The van der Waals surface area contributed by atoms with Gasteiger partial charge in [-0.2, -0.15) is 0 Å². The molecule has 0 saturated heterocycles. The Morgan fingerprint density at radius 2 is 0.539 bits per heavy atom. The summed E-state index contributed by atoms with van der Waals surface area (Å²) in [5.41, 5.74) is 0. The molecule has 0 N–H and O–H groups in total. The molecule has 0 spiro atoms. The van der Waals surface area contributed by atoms with E-state index in [-0.39, 0.29) is 31.6 Å². The first-order chi connectivity index (χ1) is 37.5. The molecule has 0 saturated carbocycles. The zero-order chi connectivity index (χ0) is 55.0. The lowest BCUT2D eigenvalue weighted by Crippen LogP contribution is -2.30. The summed E-state index contributed by atoms with van der Waals surface area (Å²) in [4.78, 5) is 38.3. The molecule has 76 heavy (non-hydrogen) atoms. The first-order valence-corrected chi connectivity index (χ1v) is 31.5. The fourth-order valence-electron chi connectivity index (χ4n) is 8.58. The number of allylic oxidation sites excluding steroid dienone is 20. The van der Waals surface area contributed by atoms with Gasteiger partial charge < -0.3 is 14.2 Å². The van der Waals surface area contributed by atoms with Crippen molar-refractivity contribution in [2.24, 2.45) is 0 Å². The Balaban J connectivity index is 4.42. The maximum absolute atomic E-state index is 12.9. The average molecular weight is 1050 g/mol. The van der Waals surface area contributed by atoms with Crippen molar-refractivity contribution in [3.8, 4) is 0 Å². The van der Waals surface area contributed by atoms with Gasteiger partial charge in [0.15, 0.2) is 6.10 Å². The highest BCUT2D eigenvalue weighted by Crippen LogP contribution is 2.16. The van der Waals surface area contributed by atoms with Gasteiger partial charge in [0.1, 0.15) is 13.2 Å². The van der Waals surface area contributed by atoms with Gasteiger partial charge in [-0.05, 0) is 96.3 Å². The number of rotatable bonds is 56. The molecule has 1 unspecified atom stereocenters. The number of carbonyl (C=O) groups is 3. The minimum Gasteiger partial charge on any atom is -0.462 e. The lowest BCUT2D eigenvalue weighted by Gasteiger charge is -2.18. The first kappa shape index (κ1) is 71.8. The van der Waals surface area contributed by atoms with Crippen LogP contribution in [-0.2, 0) is 28.6 Å². The van der Waals surface area contributed by atoms with Gasteiger partial charge in [0.25, 0.3) is 0 Å². The van der Waals surface area contributed by atoms with Crippen LogP contribution in [0.25, 0.3) is 0 Å². The maximum atomic E-state index is 12.9. The van der Waals surface area contributed by atoms with Gasteiger partial charge in [0.05, 0.1) is 0 Å². The highest BCUT2D eigenvalue weighted by Gasteiger charge is 2.19. The minimum atomic E-state index is -0.821. The number of ether oxygens (including phenoxy) is 3. The topological polar surface area (TPSA) is 78.9 Å². The Bertz CT molecular complexity index is 1590. The Labute approximate surface area is 469 Å². The van der Waals surface area contributed by atoms with Crippen molar-refractivity contribution >= 4 is 17.9 Å². The lowest BCUT2D eigenvalue weighted by atomic mass is 10.0. The summed E-state index contributed by atoms with van der Waals surface area (Å²) >= 11 is 0. The van der Waals surface area contributed by atoms with E-state index >= 15 is 0 Å². The normalized spacial score (nSPS) is 12.9. The summed E-state index contributed by atoms with van der Waals surface area (Å²) in [6.45, 7) is 6.37. The van der Waals surface area contributed by atoms with Crippen LogP contribution in [0.1, 0.15) is 284 Å². The number of unbranched alkanes of at least 4 members (excludes halogenated alkanes) is 25. The third-order valence-corrected chi connectivity index (χ3v) is 13.2. The summed E-state index contributed by atoms with van der Waals surface area (Å²) < 4.78 is 16.8. The van der Waals surface area contributed by atoms with E-state index in [4.69, 9.17) is 14.2 Å². The highest BCUT2D eigenvalue weighted by atomic mass is 16.6. The molecule has 0 bridgehead atoms. The second-order valence-electron chi connectivity index (χ2n) is 20.6. The van der Waals surface area contributed by atoms with Gasteiger partial charge >= 0.3 is 17.9 Å². The SMILES string of the molecule is CC/C=C\C/C=C\C/C=C\C/C=C\C/C=C\C/C=C\CCC(=O)OC(COC(=O)CCCCCCCCCCCCCC/C=C\C/C=C\C/C=C\C/C=C\CC)COC(=O)CCCCCCCCCCCCCCCC. The zero-order valence-electron chi connectivity index (χ0n) is 49.5. The van der Waals surface area contributed by atoms with Crippen molar-refractivity contribution in [1.82, 2.24) is 0 Å². The van der Waals surface area contributed by atoms with Gasteiger partial charge in [-0.3, -0.25) is 14.4 Å². The molecule has 6 nitrogen and oxygen atoms in total. The molecule has 0 aliphatic carbocycles. The quantitative estimate of drug-likeness (QED) is 0.0261. The van der Waals surface area contributed by atoms with Crippen LogP contribution in [0, 0.1) is 0 Å². The molecular formula is C70H116O6. The number of hydrogen-bond acceptors (Lipinski definition) is 6. The lowest BCUT2D eigenvalue weighted by molar-refractivity contribution is -0.166. The molecule has 0 aromatic carbocycles. The van der Waals surface area contributed by atoms with Crippen molar-refractivity contribution in [1.29, 1.82) is 0 Å². The molecule has 0 amide bonds. The fourth-order valence-corrected chi connectivity index (χ4v) is 8.58. The molecule has 0 aromatic rings. The van der Waals surface area contributed by atoms with Crippen LogP contribution in [0.3, 0.4) is 0 Å². The predicted octanol–water partition coefficient (Wildman–Crippen LogP) is 21.6. The molecule has 0 fully saturated rings. The molecule has 0 aliphatic heterocycles. The largest absolute Gasteiger partial charge is 0.462 e. The van der Waals surface area contributed by atoms with E-state index in [2.05, 4.69) is 136 Å². The van der Waals surface area contributed by atoms with E-state index in [0.29, 0.717) is 19.3 Å². The molecule has 0 radical (unpaired) electrons. The second kappa shape index (κ2) is 63.3. The van der Waals surface area contributed by atoms with Crippen LogP contribution in [0.5, 0.6) is 0 Å². The van der Waals surface area contributed by atoms with E-state index in [0.717, 1.165) is 103 Å². The highest BCUT2D eigenvalue weighted by molar-refractivity contribution is 5.71. The van der Waals surface area contributed by atoms with E-state index < -0.39 is 12.1 Å². The predicted molar refractivity (Wildman–Crippen MR) is 330 cm³/mol. The van der Waals surface area contributed by atoms with Crippen molar-refractivity contribution in [3.63, 3.8) is 0 Å². The molecule has 0 aliphatic rings. The zero-order valence-corrected chi connectivity index (χ0v) is 49.5. The van der Waals surface area contributed by atoms with Gasteiger partial charge in [-0.15, -0.1) is 0 Å². The Kier molecular flexibility index (Phi) is 59.9. The Hall–Kier alpha value is -4.19. The molecule has 6 heteroatoms. The van der Waals surface area contributed by atoms with Crippen LogP contribution in [0.4, 0.5) is 0 Å². The number of esters is 3. The second-order valence-corrected chi connectivity index (χ2v) is 20.6. The van der Waals surface area contributed by atoms with Gasteiger partial charge in [-0.1, -0.05) is 290 Å². The molecule has 432 valence electrons. The molecule has 0 aromatic heterocycles. The van der Waals surface area contributed by atoms with Gasteiger partial charge in [0, 0.05) is 19.3 Å². The number of hydrogen-bond donors (Lipinski definition) is 0. The maximum Gasteiger partial charge on any atom is 0.306 e. The Morgan fingerprint density at radius 3 is 0.855 bits per heavy atom. The first-order valence-electron chi connectivity index (χ1n) is 31.5. The third-order valence-electron chi connectivity index (χ3n) is 13.2. The van der Waals surface area contributed by atoms with Crippen LogP contribution in [0.2, 0.25) is 0 Å². The summed E-state index contributed by atoms with van der Waals surface area (Å²) in [6.07, 6.45) is 87.8. The summed E-state index contributed by atoms with van der Waals surface area (Å²) in [7, 11) is 0. The fraction of sp³-hybridized carbons (Fsp3) is 0.671. The van der Waals surface area contributed by atoms with Crippen LogP contribution >= 0.6 is 0 Å². The summed E-state index contributed by atoms with van der Waals surface area (Å²) in [6, 6.07) is 0. The standard InChI is InChI=1S/C70H116O6/c1-4-7-10-13-16-19-22-25-28-30-32-33-34-35-36-37-39-40-42-45-48-51-54-57-60-63-69(72)75-66-67(65-74-68(71)62-59-56-53-50-47-44-27-24-21-18-15-12-9-6-3)76-70(73)64-61-58-55-52-49-46-43-41-38-31-29-26-23-20-17-14-11-8-5-2/h7-8,10-11,16-17,19-20,25-26,28-29,32-33,38,41,46,49,55,58,67H,4-6,9,12-15,18,21-24,27,30-31,34-37,39-40,42-45,47-48,50-54,56-57,59-66H2,1-3H3/b10-7-,11-8-,19-16-,20-17-,28-25-,29-26-,33-32-,41-38-,49-46-,58-55-. The molecule has 0 heterocycles. The van der Waals surface area contributed by atoms with E-state index in [9.17, 15) is 14.4 Å². The monoisotopic (exact) mass is 1050 g/mol. The summed E-state index contributed by atoms with van der Waals surface area (Å²) in [5, 5.41) is 0. The molecular weight excluding hydrogens is 937 g/mol. The number of carbonyl (C=O) groups excluding carboxylic acids is 3. The minimum absolute atomic E-state index is 0.108. The summed E-state index contributed by atoms with van der Waals surface area (Å²) in [5.74, 6) is -0.989. The van der Waals surface area contributed by atoms with Crippen LogP contribution < -0.4 is 0 Å². The van der Waals surface area contributed by atoms with Crippen molar-refractivity contribution in [3.05, 3.63) is 122 Å². The Morgan fingerprint density at radius 1 is 0.276 bits per heavy atom.